The molecule has 0 heterocycles. The van der Waals surface area contributed by atoms with Crippen LogP contribution in [0.1, 0.15) is 15.9 Å². The summed E-state index contributed by atoms with van der Waals surface area (Å²) in [6.45, 7) is 0. The van der Waals surface area contributed by atoms with Crippen molar-refractivity contribution in [1.82, 2.24) is 10.9 Å². The molecule has 4 aromatic carbocycles. The minimum Gasteiger partial charge on any atom is -0.268 e. The van der Waals surface area contributed by atoms with Gasteiger partial charge in [0.25, 0.3) is 11.8 Å². The minimum absolute atomic E-state index is 0.374. The molecule has 0 spiro atoms. The van der Waals surface area contributed by atoms with Crippen LogP contribution in [0.2, 0.25) is 0 Å². The number of carbonyl (C=O) groups excluding carboxylic acids is 2. The Balaban J connectivity index is 1.36. The van der Waals surface area contributed by atoms with Gasteiger partial charge in [-0.3, -0.25) is 20.4 Å². The zero-order chi connectivity index (χ0) is 20.8. The lowest BCUT2D eigenvalue weighted by atomic mass is 10.0. The van der Waals surface area contributed by atoms with Crippen molar-refractivity contribution < 1.29 is 9.59 Å². The minimum atomic E-state index is -0.405. The summed E-state index contributed by atoms with van der Waals surface area (Å²) in [5.41, 5.74) is 8.37. The van der Waals surface area contributed by atoms with Gasteiger partial charge in [0, 0.05) is 11.6 Å². The van der Waals surface area contributed by atoms with Gasteiger partial charge in [0.1, 0.15) is 0 Å². The molecule has 0 aliphatic rings. The Morgan fingerprint density at radius 3 is 2.10 bits per heavy atom. The van der Waals surface area contributed by atoms with Crippen LogP contribution in [0.25, 0.3) is 28.0 Å². The zero-order valence-electron chi connectivity index (χ0n) is 16.2. The number of rotatable bonds is 4. The highest BCUT2D eigenvalue weighted by Gasteiger charge is 2.07. The summed E-state index contributed by atoms with van der Waals surface area (Å²) >= 11 is 0. The van der Waals surface area contributed by atoms with Gasteiger partial charge in [-0.15, -0.1) is 0 Å². The number of hydrogen-bond donors (Lipinski definition) is 2. The van der Waals surface area contributed by atoms with Crippen LogP contribution in [0.15, 0.2) is 103 Å². The first-order valence-electron chi connectivity index (χ1n) is 9.62. The molecule has 30 heavy (non-hydrogen) atoms. The molecular formula is C26H20N2O2. The molecule has 0 aliphatic heterocycles. The molecule has 146 valence electrons. The predicted octanol–water partition coefficient (Wildman–Crippen LogP) is 4.98. The third kappa shape index (κ3) is 4.45. The summed E-state index contributed by atoms with van der Waals surface area (Å²) in [6, 6.07) is 31.0. The van der Waals surface area contributed by atoms with Crippen LogP contribution in [-0.2, 0) is 4.79 Å². The second-order valence-electron chi connectivity index (χ2n) is 6.79. The highest BCUT2D eigenvalue weighted by molar-refractivity contribution is 5.99. The van der Waals surface area contributed by atoms with Crippen molar-refractivity contribution in [1.29, 1.82) is 0 Å². The Morgan fingerprint density at radius 2 is 1.30 bits per heavy atom. The van der Waals surface area contributed by atoms with Gasteiger partial charge in [-0.2, -0.15) is 0 Å². The standard InChI is InChI=1S/C26H20N2O2/c29-25(18-17-22-11-6-10-21-9-4-5-12-24(21)22)27-28-26(30)23-15-13-20(14-16-23)19-7-2-1-3-8-19/h1-18H,(H,27,29)(H,28,30)/b18-17+. The van der Waals surface area contributed by atoms with Crippen molar-refractivity contribution in [3.63, 3.8) is 0 Å². The van der Waals surface area contributed by atoms with E-state index in [1.54, 1.807) is 18.2 Å². The van der Waals surface area contributed by atoms with E-state index in [1.807, 2.05) is 84.9 Å². The van der Waals surface area contributed by atoms with E-state index in [0.29, 0.717) is 5.56 Å². The molecule has 4 aromatic rings. The first kappa shape index (κ1) is 19.2. The van der Waals surface area contributed by atoms with Gasteiger partial charge in [-0.1, -0.05) is 84.9 Å². The molecule has 0 saturated heterocycles. The fourth-order valence-electron chi connectivity index (χ4n) is 3.24. The van der Waals surface area contributed by atoms with Crippen LogP contribution >= 0.6 is 0 Å². The van der Waals surface area contributed by atoms with Crippen LogP contribution in [0.5, 0.6) is 0 Å². The van der Waals surface area contributed by atoms with Gasteiger partial charge in [-0.25, -0.2) is 0 Å². The summed E-state index contributed by atoms with van der Waals surface area (Å²) in [5.74, 6) is -0.779. The Labute approximate surface area is 174 Å². The van der Waals surface area contributed by atoms with Crippen molar-refractivity contribution in [3.05, 3.63) is 114 Å². The fourth-order valence-corrected chi connectivity index (χ4v) is 3.24. The van der Waals surface area contributed by atoms with Gasteiger partial charge >= 0.3 is 0 Å². The zero-order valence-corrected chi connectivity index (χ0v) is 16.2. The molecule has 0 aliphatic carbocycles. The lowest BCUT2D eigenvalue weighted by Crippen LogP contribution is -2.40. The van der Waals surface area contributed by atoms with Gasteiger partial charge in [0.2, 0.25) is 0 Å². The normalized spacial score (nSPS) is 10.8. The van der Waals surface area contributed by atoms with Crippen molar-refractivity contribution in [2.24, 2.45) is 0 Å². The highest BCUT2D eigenvalue weighted by Crippen LogP contribution is 2.20. The van der Waals surface area contributed by atoms with E-state index in [4.69, 9.17) is 0 Å². The lowest BCUT2D eigenvalue weighted by Gasteiger charge is -2.07. The molecule has 0 atom stereocenters. The van der Waals surface area contributed by atoms with E-state index in [1.165, 1.54) is 6.08 Å². The van der Waals surface area contributed by atoms with Crippen LogP contribution in [0.3, 0.4) is 0 Å². The molecule has 0 saturated carbocycles. The quantitative estimate of drug-likeness (QED) is 0.380. The molecule has 4 heteroatoms. The summed E-state index contributed by atoms with van der Waals surface area (Å²) < 4.78 is 0. The SMILES string of the molecule is O=C(/C=C/c1cccc2ccccc12)NNC(=O)c1ccc(-c2ccccc2)cc1. The largest absolute Gasteiger partial charge is 0.269 e. The monoisotopic (exact) mass is 392 g/mol. The molecule has 0 unspecified atom stereocenters. The number of benzene rings is 4. The molecule has 4 nitrogen and oxygen atoms in total. The fraction of sp³-hybridized carbons (Fsp3) is 0. The maximum absolute atomic E-state index is 12.3. The summed E-state index contributed by atoms with van der Waals surface area (Å²) in [7, 11) is 0. The number of nitrogens with one attached hydrogen (secondary N) is 2. The van der Waals surface area contributed by atoms with E-state index < -0.39 is 5.91 Å². The maximum atomic E-state index is 12.3. The number of amides is 2. The average molecular weight is 392 g/mol. The Morgan fingerprint density at radius 1 is 0.633 bits per heavy atom. The van der Waals surface area contributed by atoms with Crippen LogP contribution in [-0.4, -0.2) is 11.8 Å². The second kappa shape index (κ2) is 8.88. The van der Waals surface area contributed by atoms with Gasteiger partial charge in [0.05, 0.1) is 0 Å². The molecule has 4 rings (SSSR count). The third-order valence-electron chi connectivity index (χ3n) is 4.79. The Bertz CT molecular complexity index is 1210. The summed E-state index contributed by atoms with van der Waals surface area (Å²) in [4.78, 5) is 24.4. The van der Waals surface area contributed by atoms with E-state index in [0.717, 1.165) is 27.5 Å². The van der Waals surface area contributed by atoms with E-state index in [9.17, 15) is 9.59 Å². The van der Waals surface area contributed by atoms with E-state index >= 15 is 0 Å². The van der Waals surface area contributed by atoms with Gasteiger partial charge < -0.3 is 0 Å². The first-order valence-corrected chi connectivity index (χ1v) is 9.62. The van der Waals surface area contributed by atoms with Crippen LogP contribution in [0.4, 0.5) is 0 Å². The summed E-state index contributed by atoms with van der Waals surface area (Å²) in [6.07, 6.45) is 3.14. The van der Waals surface area contributed by atoms with E-state index in [-0.39, 0.29) is 5.91 Å². The Kier molecular flexibility index (Phi) is 5.67. The van der Waals surface area contributed by atoms with E-state index in [2.05, 4.69) is 10.9 Å². The first-order chi connectivity index (χ1) is 14.7. The van der Waals surface area contributed by atoms with Crippen molar-refractivity contribution in [3.8, 4) is 11.1 Å². The van der Waals surface area contributed by atoms with Gasteiger partial charge in [0.15, 0.2) is 0 Å². The number of hydrogen-bond acceptors (Lipinski definition) is 2. The van der Waals surface area contributed by atoms with Crippen molar-refractivity contribution in [2.75, 3.05) is 0 Å². The van der Waals surface area contributed by atoms with Crippen molar-refractivity contribution in [2.45, 2.75) is 0 Å². The molecule has 0 bridgehead atoms. The number of carbonyl (C=O) groups is 2. The lowest BCUT2D eigenvalue weighted by molar-refractivity contribution is -0.117. The molecule has 0 radical (unpaired) electrons. The molecule has 0 aromatic heterocycles. The summed E-state index contributed by atoms with van der Waals surface area (Å²) in [5, 5.41) is 2.17. The molecular weight excluding hydrogens is 372 g/mol. The average Bonchev–Trinajstić information content (AvgIpc) is 2.82. The highest BCUT2D eigenvalue weighted by atomic mass is 16.2. The molecule has 0 fully saturated rings. The number of fused-ring (bicyclic) bond motifs is 1. The molecule has 2 N–H and O–H groups in total. The Hall–Kier alpha value is -4.18. The van der Waals surface area contributed by atoms with Crippen LogP contribution < -0.4 is 10.9 Å². The third-order valence-corrected chi connectivity index (χ3v) is 4.79. The second-order valence-corrected chi connectivity index (χ2v) is 6.79. The van der Waals surface area contributed by atoms with Crippen molar-refractivity contribution >= 4 is 28.7 Å². The van der Waals surface area contributed by atoms with Crippen LogP contribution in [0, 0.1) is 0 Å². The topological polar surface area (TPSA) is 58.2 Å². The number of hydrazine groups is 1. The smallest absolute Gasteiger partial charge is 0.268 e. The maximum Gasteiger partial charge on any atom is 0.269 e. The predicted molar refractivity (Wildman–Crippen MR) is 120 cm³/mol. The van der Waals surface area contributed by atoms with Gasteiger partial charge in [-0.05, 0) is 45.7 Å². The molecule has 2 amide bonds.